The predicted octanol–water partition coefficient (Wildman–Crippen LogP) is 3.68. The number of aryl methyl sites for hydroxylation is 2. The van der Waals surface area contributed by atoms with Crippen molar-refractivity contribution in [2.24, 2.45) is 5.92 Å². The minimum atomic E-state index is -0.0864. The Morgan fingerprint density at radius 2 is 2.03 bits per heavy atom. The van der Waals surface area contributed by atoms with E-state index in [9.17, 15) is 4.79 Å². The highest BCUT2D eigenvalue weighted by Crippen LogP contribution is 2.30. The second kappa shape index (κ2) is 9.15. The predicted molar refractivity (Wildman–Crippen MR) is 118 cm³/mol. The number of amides is 1. The maximum atomic E-state index is 12.9. The van der Waals surface area contributed by atoms with Crippen molar-refractivity contribution in [3.63, 3.8) is 0 Å². The number of carbonyl (C=O) groups is 1. The summed E-state index contributed by atoms with van der Waals surface area (Å²) in [6, 6.07) is 3.95. The molecule has 1 fully saturated rings. The van der Waals surface area contributed by atoms with Crippen LogP contribution in [-0.4, -0.2) is 40.3 Å². The summed E-state index contributed by atoms with van der Waals surface area (Å²) in [5.41, 5.74) is 2.96. The summed E-state index contributed by atoms with van der Waals surface area (Å²) >= 11 is 0. The maximum absolute atomic E-state index is 12.9. The molecule has 1 aliphatic rings. The van der Waals surface area contributed by atoms with Crippen LogP contribution in [-0.2, 0) is 0 Å². The normalized spacial score (nSPS) is 13.7. The van der Waals surface area contributed by atoms with E-state index in [0.29, 0.717) is 18.0 Å². The molecule has 9 heteroatoms. The molecule has 1 saturated heterocycles. The third-order valence-corrected chi connectivity index (χ3v) is 5.03. The van der Waals surface area contributed by atoms with Crippen molar-refractivity contribution in [3.05, 3.63) is 35.4 Å². The molecule has 4 rings (SSSR count). The van der Waals surface area contributed by atoms with Crippen molar-refractivity contribution in [1.82, 2.24) is 25.4 Å². The molecular weight excluding hydrogens is 413 g/mol. The van der Waals surface area contributed by atoms with Crippen LogP contribution < -0.4 is 10.6 Å². The third-order valence-electron chi connectivity index (χ3n) is 5.03. The Kier molecular flexibility index (Phi) is 7.32. The van der Waals surface area contributed by atoms with Crippen LogP contribution in [0.5, 0.6) is 0 Å². The van der Waals surface area contributed by atoms with Crippen LogP contribution in [0.1, 0.15) is 41.8 Å². The number of hydrogen-bond acceptors (Lipinski definition) is 5. The lowest BCUT2D eigenvalue weighted by Gasteiger charge is -2.27. The molecule has 158 valence electrons. The van der Waals surface area contributed by atoms with Crippen molar-refractivity contribution in [2.75, 3.05) is 19.6 Å². The van der Waals surface area contributed by atoms with Crippen LogP contribution in [0.3, 0.4) is 0 Å². The van der Waals surface area contributed by atoms with Crippen molar-refractivity contribution in [3.8, 4) is 11.3 Å². The Morgan fingerprint density at radius 1 is 1.31 bits per heavy atom. The molecule has 0 saturated carbocycles. The minimum absolute atomic E-state index is 0. The number of furan rings is 1. The van der Waals surface area contributed by atoms with Crippen LogP contribution in [0, 0.1) is 19.8 Å². The smallest absolute Gasteiger partial charge is 0.252 e. The fourth-order valence-corrected chi connectivity index (χ4v) is 3.43. The Bertz CT molecular complexity index is 1010. The molecule has 0 unspecified atom stereocenters. The second-order valence-electron chi connectivity index (χ2n) is 7.54. The van der Waals surface area contributed by atoms with Gasteiger partial charge in [0.25, 0.3) is 5.91 Å². The highest BCUT2D eigenvalue weighted by molar-refractivity contribution is 6.06. The number of carbonyl (C=O) groups excluding carboxylic acids is 1. The highest BCUT2D eigenvalue weighted by Gasteiger charge is 2.22. The van der Waals surface area contributed by atoms with Gasteiger partial charge in [-0.15, -0.1) is 24.8 Å². The monoisotopic (exact) mass is 439 g/mol. The van der Waals surface area contributed by atoms with Crippen LogP contribution >= 0.6 is 24.8 Å². The molecule has 4 heterocycles. The number of nitrogens with one attached hydrogen (secondary N) is 2. The number of rotatable bonds is 5. The van der Waals surface area contributed by atoms with E-state index in [2.05, 4.69) is 29.6 Å². The van der Waals surface area contributed by atoms with Gasteiger partial charge in [-0.2, -0.15) is 5.10 Å². The zero-order valence-electron chi connectivity index (χ0n) is 17.0. The first-order chi connectivity index (χ1) is 12.9. The molecule has 0 atom stereocenters. The fourth-order valence-electron chi connectivity index (χ4n) is 3.43. The van der Waals surface area contributed by atoms with Gasteiger partial charge in [0.1, 0.15) is 11.5 Å². The lowest BCUT2D eigenvalue weighted by molar-refractivity contribution is 0.0944. The topological polar surface area (TPSA) is 85.0 Å². The summed E-state index contributed by atoms with van der Waals surface area (Å²) in [4.78, 5) is 17.8. The summed E-state index contributed by atoms with van der Waals surface area (Å²) in [6.07, 6.45) is 1.74. The van der Waals surface area contributed by atoms with E-state index >= 15 is 0 Å². The van der Waals surface area contributed by atoms with E-state index < -0.39 is 0 Å². The van der Waals surface area contributed by atoms with Gasteiger partial charge in [0.15, 0.2) is 5.65 Å². The van der Waals surface area contributed by atoms with Crippen molar-refractivity contribution in [1.29, 1.82) is 0 Å². The molecule has 1 amide bonds. The number of hydrogen-bond donors (Lipinski definition) is 2. The first kappa shape index (κ1) is 23.2. The van der Waals surface area contributed by atoms with Crippen molar-refractivity contribution < 1.29 is 9.21 Å². The molecule has 0 spiro atoms. The summed E-state index contributed by atoms with van der Waals surface area (Å²) in [6.45, 7) is 10.5. The molecule has 0 aliphatic carbocycles. The maximum Gasteiger partial charge on any atom is 0.252 e. The van der Waals surface area contributed by atoms with Crippen LogP contribution in [0.2, 0.25) is 0 Å². The SMILES string of the molecule is Cc1cc(-c2cc(C(=O)NCC3CNC3)c3cnn(C(C)C)c3n2)c(C)o1.Cl.Cl. The molecule has 2 N–H and O–H groups in total. The second-order valence-corrected chi connectivity index (χ2v) is 7.54. The van der Waals surface area contributed by atoms with E-state index in [0.717, 1.165) is 46.9 Å². The molecule has 0 radical (unpaired) electrons. The van der Waals surface area contributed by atoms with Gasteiger partial charge in [-0.3, -0.25) is 4.79 Å². The van der Waals surface area contributed by atoms with Gasteiger partial charge in [0.2, 0.25) is 0 Å². The Labute approximate surface area is 182 Å². The fraction of sp³-hybridized carbons (Fsp3) is 0.450. The van der Waals surface area contributed by atoms with Crippen LogP contribution in [0.15, 0.2) is 22.7 Å². The summed E-state index contributed by atoms with van der Waals surface area (Å²) in [5, 5.41) is 11.5. The lowest BCUT2D eigenvalue weighted by atomic mass is 10.0. The van der Waals surface area contributed by atoms with E-state index in [-0.39, 0.29) is 36.8 Å². The first-order valence-corrected chi connectivity index (χ1v) is 9.38. The number of fused-ring (bicyclic) bond motifs is 1. The molecule has 3 aromatic rings. The van der Waals surface area contributed by atoms with Gasteiger partial charge < -0.3 is 15.1 Å². The minimum Gasteiger partial charge on any atom is -0.466 e. The Balaban J connectivity index is 0.00000150. The van der Waals surface area contributed by atoms with Gasteiger partial charge in [0.05, 0.1) is 22.8 Å². The van der Waals surface area contributed by atoms with E-state index in [1.165, 1.54) is 0 Å². The van der Waals surface area contributed by atoms with Gasteiger partial charge in [0, 0.05) is 37.2 Å². The standard InChI is InChI=1S/C20H25N5O2.2ClH/c1-11(2)25-19-17(10-23-25)16(20(26)22-9-14-7-21-8-14)6-18(24-19)15-5-12(3)27-13(15)4;;/h5-6,10-11,14,21H,7-9H2,1-4H3,(H,22,26);2*1H. The highest BCUT2D eigenvalue weighted by atomic mass is 35.5. The zero-order chi connectivity index (χ0) is 19.1. The third kappa shape index (κ3) is 4.42. The molecule has 1 aliphatic heterocycles. The molecule has 7 nitrogen and oxygen atoms in total. The number of pyridine rings is 1. The Morgan fingerprint density at radius 3 is 2.59 bits per heavy atom. The summed E-state index contributed by atoms with van der Waals surface area (Å²) < 4.78 is 7.53. The van der Waals surface area contributed by atoms with Crippen molar-refractivity contribution >= 4 is 41.8 Å². The number of halogens is 2. The number of aromatic nitrogens is 3. The van der Waals surface area contributed by atoms with Crippen LogP contribution in [0.25, 0.3) is 22.3 Å². The average Bonchev–Trinajstić information content (AvgIpc) is 3.15. The molecule has 0 aromatic carbocycles. The summed E-state index contributed by atoms with van der Waals surface area (Å²) in [7, 11) is 0. The quantitative estimate of drug-likeness (QED) is 0.632. The van der Waals surface area contributed by atoms with Gasteiger partial charge in [-0.1, -0.05) is 0 Å². The summed E-state index contributed by atoms with van der Waals surface area (Å²) in [5.74, 6) is 2.03. The Hall–Kier alpha value is -2.09. The molecular formula is C20H27Cl2N5O2. The van der Waals surface area contributed by atoms with Gasteiger partial charge >= 0.3 is 0 Å². The number of nitrogens with zero attached hydrogens (tertiary/aromatic N) is 3. The largest absolute Gasteiger partial charge is 0.466 e. The van der Waals surface area contributed by atoms with Gasteiger partial charge in [-0.05, 0) is 39.8 Å². The zero-order valence-corrected chi connectivity index (χ0v) is 18.6. The molecule has 3 aromatic heterocycles. The van der Waals surface area contributed by atoms with Crippen molar-refractivity contribution in [2.45, 2.75) is 33.7 Å². The first-order valence-electron chi connectivity index (χ1n) is 9.38. The van der Waals surface area contributed by atoms with E-state index in [4.69, 9.17) is 9.40 Å². The lowest BCUT2D eigenvalue weighted by Crippen LogP contribution is -2.48. The molecule has 0 bridgehead atoms. The van der Waals surface area contributed by atoms with Gasteiger partial charge in [-0.25, -0.2) is 9.67 Å². The van der Waals surface area contributed by atoms with E-state index in [1.807, 2.05) is 30.7 Å². The molecule has 29 heavy (non-hydrogen) atoms. The van der Waals surface area contributed by atoms with E-state index in [1.54, 1.807) is 6.20 Å². The van der Waals surface area contributed by atoms with Crippen LogP contribution in [0.4, 0.5) is 0 Å². The average molecular weight is 440 g/mol.